The van der Waals surface area contributed by atoms with Crippen molar-refractivity contribution in [2.45, 2.75) is 13.5 Å². The molecule has 0 saturated heterocycles. The normalized spacial score (nSPS) is 11.2. The van der Waals surface area contributed by atoms with Gasteiger partial charge in [-0.15, -0.1) is 0 Å². The molecule has 8 nitrogen and oxygen atoms in total. The predicted molar refractivity (Wildman–Crippen MR) is 85.3 cm³/mol. The fraction of sp³-hybridized carbons (Fsp3) is 0.188. The van der Waals surface area contributed by atoms with Crippen molar-refractivity contribution < 1.29 is 9.42 Å². The first-order valence-electron chi connectivity index (χ1n) is 7.38. The summed E-state index contributed by atoms with van der Waals surface area (Å²) in [6.07, 6.45) is 5.11. The Bertz CT molecular complexity index is 1050. The average molecular weight is 322 g/mol. The van der Waals surface area contributed by atoms with Gasteiger partial charge >= 0.3 is 0 Å². The summed E-state index contributed by atoms with van der Waals surface area (Å²) in [5, 5.41) is 11.8. The second kappa shape index (κ2) is 5.41. The molecule has 1 aromatic carbocycles. The van der Waals surface area contributed by atoms with E-state index in [1.165, 1.54) is 0 Å². The Morgan fingerprint density at radius 1 is 1.25 bits per heavy atom. The summed E-state index contributed by atoms with van der Waals surface area (Å²) < 4.78 is 6.30. The second-order valence-electron chi connectivity index (χ2n) is 5.71. The molecular formula is C16H14N6O2. The number of carbonyl (C=O) groups is 1. The standard InChI is InChI=1S/C16H14N6O2/c1-10-6-17-15-12(7-18-22(15)8-10)16(23)21(2)9-11-3-4-13-14(5-11)20-24-19-13/h3-8H,9H2,1-2H3. The highest BCUT2D eigenvalue weighted by Crippen LogP contribution is 2.16. The molecule has 1 amide bonds. The number of hydrogen-bond donors (Lipinski definition) is 0. The van der Waals surface area contributed by atoms with Crippen molar-refractivity contribution >= 4 is 22.6 Å². The number of aromatic nitrogens is 5. The van der Waals surface area contributed by atoms with Crippen LogP contribution in [-0.4, -0.2) is 42.8 Å². The van der Waals surface area contributed by atoms with Gasteiger partial charge < -0.3 is 4.90 Å². The van der Waals surface area contributed by atoms with Gasteiger partial charge in [-0.25, -0.2) is 14.1 Å². The van der Waals surface area contributed by atoms with E-state index in [0.29, 0.717) is 28.8 Å². The third-order valence-corrected chi connectivity index (χ3v) is 3.80. The first-order chi connectivity index (χ1) is 11.6. The molecule has 4 rings (SSSR count). The number of carbonyl (C=O) groups excluding carboxylic acids is 1. The third kappa shape index (κ3) is 2.37. The number of fused-ring (bicyclic) bond motifs is 2. The van der Waals surface area contributed by atoms with Gasteiger partial charge in [-0.1, -0.05) is 6.07 Å². The Morgan fingerprint density at radius 2 is 2.08 bits per heavy atom. The number of rotatable bonds is 3. The van der Waals surface area contributed by atoms with Crippen LogP contribution in [0.5, 0.6) is 0 Å². The second-order valence-corrected chi connectivity index (χ2v) is 5.71. The van der Waals surface area contributed by atoms with E-state index in [4.69, 9.17) is 0 Å². The van der Waals surface area contributed by atoms with Gasteiger partial charge in [0.2, 0.25) is 0 Å². The van der Waals surface area contributed by atoms with Gasteiger partial charge in [-0.05, 0) is 40.5 Å². The third-order valence-electron chi connectivity index (χ3n) is 3.80. The fourth-order valence-corrected chi connectivity index (χ4v) is 2.60. The summed E-state index contributed by atoms with van der Waals surface area (Å²) in [4.78, 5) is 18.6. The zero-order valence-electron chi connectivity index (χ0n) is 13.2. The Morgan fingerprint density at radius 3 is 2.96 bits per heavy atom. The van der Waals surface area contributed by atoms with Crippen molar-refractivity contribution in [2.24, 2.45) is 0 Å². The number of nitrogens with zero attached hydrogens (tertiary/aromatic N) is 6. The maximum absolute atomic E-state index is 12.7. The predicted octanol–water partition coefficient (Wildman–Crippen LogP) is 1.85. The van der Waals surface area contributed by atoms with E-state index >= 15 is 0 Å². The Kier molecular flexibility index (Phi) is 3.23. The maximum atomic E-state index is 12.7. The zero-order chi connectivity index (χ0) is 16.7. The zero-order valence-corrected chi connectivity index (χ0v) is 13.2. The summed E-state index contributed by atoms with van der Waals surface area (Å²) >= 11 is 0. The molecule has 0 N–H and O–H groups in total. The largest absolute Gasteiger partial charge is 0.337 e. The van der Waals surface area contributed by atoms with Crippen LogP contribution in [0.25, 0.3) is 16.7 Å². The van der Waals surface area contributed by atoms with Crippen LogP contribution in [0.15, 0.2) is 41.4 Å². The number of benzene rings is 1. The van der Waals surface area contributed by atoms with Crippen LogP contribution in [0.2, 0.25) is 0 Å². The highest BCUT2D eigenvalue weighted by atomic mass is 16.6. The molecule has 120 valence electrons. The lowest BCUT2D eigenvalue weighted by Crippen LogP contribution is -2.26. The maximum Gasteiger partial charge on any atom is 0.259 e. The van der Waals surface area contributed by atoms with E-state index in [2.05, 4.69) is 25.0 Å². The van der Waals surface area contributed by atoms with Gasteiger partial charge in [0.25, 0.3) is 5.91 Å². The lowest BCUT2D eigenvalue weighted by Gasteiger charge is -2.16. The fourth-order valence-electron chi connectivity index (χ4n) is 2.60. The molecule has 8 heteroatoms. The van der Waals surface area contributed by atoms with Crippen LogP contribution in [0.3, 0.4) is 0 Å². The first kappa shape index (κ1) is 14.3. The van der Waals surface area contributed by atoms with E-state index in [1.807, 2.05) is 31.3 Å². The molecule has 0 aliphatic heterocycles. The minimum absolute atomic E-state index is 0.139. The minimum Gasteiger partial charge on any atom is -0.337 e. The Balaban J connectivity index is 1.60. The lowest BCUT2D eigenvalue weighted by atomic mass is 10.2. The molecule has 0 unspecified atom stereocenters. The van der Waals surface area contributed by atoms with Crippen LogP contribution in [0.4, 0.5) is 0 Å². The molecule has 0 atom stereocenters. The molecule has 24 heavy (non-hydrogen) atoms. The topological polar surface area (TPSA) is 89.4 Å². The van der Waals surface area contributed by atoms with Crippen LogP contribution >= 0.6 is 0 Å². The highest BCUT2D eigenvalue weighted by molar-refractivity contribution is 5.99. The van der Waals surface area contributed by atoms with Crippen molar-refractivity contribution in [2.75, 3.05) is 7.05 Å². The van der Waals surface area contributed by atoms with E-state index < -0.39 is 0 Å². The molecule has 0 aliphatic rings. The van der Waals surface area contributed by atoms with Crippen LogP contribution in [-0.2, 0) is 6.54 Å². The SMILES string of the molecule is Cc1cnc2c(C(=O)N(C)Cc3ccc4nonc4c3)cnn2c1. The average Bonchev–Trinajstić information content (AvgIpc) is 3.19. The van der Waals surface area contributed by atoms with Gasteiger partial charge in [0.1, 0.15) is 16.6 Å². The first-order valence-corrected chi connectivity index (χ1v) is 7.38. The summed E-state index contributed by atoms with van der Waals surface area (Å²) in [6, 6.07) is 5.57. The van der Waals surface area contributed by atoms with Gasteiger partial charge in [-0.2, -0.15) is 5.10 Å². The van der Waals surface area contributed by atoms with Crippen molar-refractivity contribution in [1.29, 1.82) is 0 Å². The summed E-state index contributed by atoms with van der Waals surface area (Å²) in [6.45, 7) is 2.36. The smallest absolute Gasteiger partial charge is 0.259 e. The van der Waals surface area contributed by atoms with E-state index in [9.17, 15) is 4.79 Å². The summed E-state index contributed by atoms with van der Waals surface area (Å²) in [5.41, 5.74) is 4.30. The molecule has 4 aromatic rings. The van der Waals surface area contributed by atoms with Crippen molar-refractivity contribution in [3.05, 3.63) is 53.5 Å². The quantitative estimate of drug-likeness (QED) is 0.572. The highest BCUT2D eigenvalue weighted by Gasteiger charge is 2.18. The van der Waals surface area contributed by atoms with Gasteiger partial charge in [0, 0.05) is 26.0 Å². The number of aryl methyl sites for hydroxylation is 1. The summed E-state index contributed by atoms with van der Waals surface area (Å²) in [5.74, 6) is -0.139. The van der Waals surface area contributed by atoms with Gasteiger partial charge in [0.15, 0.2) is 5.65 Å². The Labute approximate surface area is 136 Å². The van der Waals surface area contributed by atoms with Crippen molar-refractivity contribution in [3.63, 3.8) is 0 Å². The molecule has 0 fully saturated rings. The molecule has 0 radical (unpaired) electrons. The van der Waals surface area contributed by atoms with E-state index in [-0.39, 0.29) is 5.91 Å². The molecule has 0 spiro atoms. The van der Waals surface area contributed by atoms with Crippen molar-refractivity contribution in [3.8, 4) is 0 Å². The van der Waals surface area contributed by atoms with E-state index in [1.54, 1.807) is 28.9 Å². The molecule has 3 aromatic heterocycles. The van der Waals surface area contributed by atoms with Gasteiger partial charge in [0.05, 0.1) is 6.20 Å². The molecular weight excluding hydrogens is 308 g/mol. The summed E-state index contributed by atoms with van der Waals surface area (Å²) in [7, 11) is 1.74. The minimum atomic E-state index is -0.139. The monoisotopic (exact) mass is 322 g/mol. The van der Waals surface area contributed by atoms with Crippen LogP contribution in [0, 0.1) is 6.92 Å². The molecule has 0 aliphatic carbocycles. The van der Waals surface area contributed by atoms with E-state index in [0.717, 1.165) is 11.1 Å². The number of hydrogen-bond acceptors (Lipinski definition) is 6. The van der Waals surface area contributed by atoms with Crippen LogP contribution in [0.1, 0.15) is 21.5 Å². The number of amides is 1. The van der Waals surface area contributed by atoms with Gasteiger partial charge in [-0.3, -0.25) is 4.79 Å². The van der Waals surface area contributed by atoms with Crippen LogP contribution < -0.4 is 0 Å². The molecule has 3 heterocycles. The Hall–Kier alpha value is -3.29. The van der Waals surface area contributed by atoms with Crippen molar-refractivity contribution in [1.82, 2.24) is 29.8 Å². The molecule has 0 saturated carbocycles. The molecule has 0 bridgehead atoms. The lowest BCUT2D eigenvalue weighted by molar-refractivity contribution is 0.0787.